The molecule has 1 aromatic rings. The second kappa shape index (κ2) is 14.7. The predicted molar refractivity (Wildman–Crippen MR) is 128 cm³/mol. The van der Waals surface area contributed by atoms with E-state index in [1.54, 1.807) is 6.07 Å². The number of halogens is 4. The van der Waals surface area contributed by atoms with Gasteiger partial charge in [0.15, 0.2) is 6.10 Å². The maximum absolute atomic E-state index is 14.7. The SMILES string of the molecule is CCCCCCCC[C@H](OC(=O)c1ccc([C@H]2CC[C@H](CCCCC)CC2)cc1F)C(F)(F)F. The van der Waals surface area contributed by atoms with Gasteiger partial charge in [0.2, 0.25) is 0 Å². The zero-order chi connectivity index (χ0) is 25.0. The van der Waals surface area contributed by atoms with Gasteiger partial charge in [-0.15, -0.1) is 0 Å². The van der Waals surface area contributed by atoms with Crippen LogP contribution in [0, 0.1) is 11.7 Å². The largest absolute Gasteiger partial charge is 0.449 e. The van der Waals surface area contributed by atoms with Gasteiger partial charge in [0.1, 0.15) is 5.82 Å². The van der Waals surface area contributed by atoms with Crippen LogP contribution in [0.5, 0.6) is 0 Å². The van der Waals surface area contributed by atoms with Crippen LogP contribution in [0.4, 0.5) is 17.6 Å². The van der Waals surface area contributed by atoms with Gasteiger partial charge in [-0.3, -0.25) is 0 Å². The number of rotatable bonds is 14. The van der Waals surface area contributed by atoms with E-state index in [0.29, 0.717) is 12.8 Å². The summed E-state index contributed by atoms with van der Waals surface area (Å²) in [7, 11) is 0. The molecular formula is C28H42F4O2. The first kappa shape index (κ1) is 28.6. The Hall–Kier alpha value is -1.59. The van der Waals surface area contributed by atoms with Crippen LogP contribution in [-0.4, -0.2) is 18.2 Å². The summed E-state index contributed by atoms with van der Waals surface area (Å²) in [4.78, 5) is 12.4. The first-order valence-electron chi connectivity index (χ1n) is 13.3. The van der Waals surface area contributed by atoms with E-state index >= 15 is 0 Å². The van der Waals surface area contributed by atoms with Gasteiger partial charge < -0.3 is 4.74 Å². The van der Waals surface area contributed by atoms with Crippen LogP contribution in [0.3, 0.4) is 0 Å². The van der Waals surface area contributed by atoms with Gasteiger partial charge in [-0.05, 0) is 68.1 Å². The smallest absolute Gasteiger partial charge is 0.425 e. The minimum Gasteiger partial charge on any atom is -0.449 e. The van der Waals surface area contributed by atoms with E-state index in [0.717, 1.165) is 62.8 Å². The fourth-order valence-electron chi connectivity index (χ4n) is 5.01. The van der Waals surface area contributed by atoms with Crippen molar-refractivity contribution in [3.63, 3.8) is 0 Å². The van der Waals surface area contributed by atoms with Gasteiger partial charge in [0, 0.05) is 0 Å². The van der Waals surface area contributed by atoms with Gasteiger partial charge in [-0.25, -0.2) is 9.18 Å². The molecule has 0 bridgehead atoms. The van der Waals surface area contributed by atoms with E-state index in [9.17, 15) is 22.4 Å². The quantitative estimate of drug-likeness (QED) is 0.149. The molecule has 0 N–H and O–H groups in total. The molecule has 194 valence electrons. The maximum atomic E-state index is 14.7. The molecule has 1 aliphatic carbocycles. The van der Waals surface area contributed by atoms with Gasteiger partial charge in [-0.1, -0.05) is 77.7 Å². The fraction of sp³-hybridized carbons (Fsp3) is 0.750. The second-order valence-corrected chi connectivity index (χ2v) is 9.94. The van der Waals surface area contributed by atoms with Crippen molar-refractivity contribution >= 4 is 5.97 Å². The minimum absolute atomic E-state index is 0.234. The molecule has 0 aliphatic heterocycles. The summed E-state index contributed by atoms with van der Waals surface area (Å²) in [6.45, 7) is 4.27. The molecule has 1 aliphatic rings. The normalized spacial score (nSPS) is 19.7. The van der Waals surface area contributed by atoms with Crippen LogP contribution in [-0.2, 0) is 4.74 Å². The third-order valence-corrected chi connectivity index (χ3v) is 7.18. The van der Waals surface area contributed by atoms with Crippen molar-refractivity contribution in [2.75, 3.05) is 0 Å². The van der Waals surface area contributed by atoms with Crippen molar-refractivity contribution in [1.82, 2.24) is 0 Å². The first-order chi connectivity index (χ1) is 16.3. The predicted octanol–water partition coefficient (Wildman–Crippen LogP) is 9.52. The molecule has 1 fully saturated rings. The number of ether oxygens (including phenoxy) is 1. The highest BCUT2D eigenvalue weighted by molar-refractivity contribution is 5.90. The number of carbonyl (C=O) groups is 1. The van der Waals surface area contributed by atoms with Crippen LogP contribution < -0.4 is 0 Å². The number of alkyl halides is 3. The molecule has 0 radical (unpaired) electrons. The number of esters is 1. The third-order valence-electron chi connectivity index (χ3n) is 7.18. The van der Waals surface area contributed by atoms with E-state index in [2.05, 4.69) is 13.8 Å². The lowest BCUT2D eigenvalue weighted by Crippen LogP contribution is -2.34. The maximum Gasteiger partial charge on any atom is 0.425 e. The molecule has 0 spiro atoms. The minimum atomic E-state index is -4.66. The van der Waals surface area contributed by atoms with Crippen molar-refractivity contribution < 1.29 is 27.1 Å². The van der Waals surface area contributed by atoms with Crippen LogP contribution >= 0.6 is 0 Å². The second-order valence-electron chi connectivity index (χ2n) is 9.94. The summed E-state index contributed by atoms with van der Waals surface area (Å²) in [6, 6.07) is 4.28. The lowest BCUT2D eigenvalue weighted by atomic mass is 9.77. The number of hydrogen-bond donors (Lipinski definition) is 0. The topological polar surface area (TPSA) is 26.3 Å². The van der Waals surface area contributed by atoms with E-state index in [4.69, 9.17) is 4.74 Å². The number of hydrogen-bond acceptors (Lipinski definition) is 2. The third kappa shape index (κ3) is 9.58. The van der Waals surface area contributed by atoms with Crippen molar-refractivity contribution in [3.05, 3.63) is 35.1 Å². The van der Waals surface area contributed by atoms with Crippen molar-refractivity contribution in [2.45, 2.75) is 128 Å². The molecule has 2 rings (SSSR count). The van der Waals surface area contributed by atoms with E-state index in [1.807, 2.05) is 0 Å². The summed E-state index contributed by atoms with van der Waals surface area (Å²) in [5, 5.41) is 0. The zero-order valence-electron chi connectivity index (χ0n) is 20.9. The highest BCUT2D eigenvalue weighted by atomic mass is 19.4. The lowest BCUT2D eigenvalue weighted by molar-refractivity contribution is -0.206. The summed E-state index contributed by atoms with van der Waals surface area (Å²) < 4.78 is 59.7. The zero-order valence-corrected chi connectivity index (χ0v) is 20.9. The Bertz CT molecular complexity index is 724. The Morgan fingerprint density at radius 3 is 2.18 bits per heavy atom. The average Bonchev–Trinajstić information content (AvgIpc) is 2.80. The molecule has 1 atom stereocenters. The summed E-state index contributed by atoms with van der Waals surface area (Å²) in [5.74, 6) is -1.07. The van der Waals surface area contributed by atoms with Crippen molar-refractivity contribution in [2.24, 2.45) is 5.92 Å². The molecule has 0 heterocycles. The molecule has 0 amide bonds. The Morgan fingerprint density at radius 2 is 1.56 bits per heavy atom. The number of unbranched alkanes of at least 4 members (excludes halogenated alkanes) is 7. The van der Waals surface area contributed by atoms with Gasteiger partial charge >= 0.3 is 12.1 Å². The summed E-state index contributed by atoms with van der Waals surface area (Å²) in [6.07, 6.45) is 6.99. The highest BCUT2D eigenvalue weighted by Crippen LogP contribution is 2.38. The van der Waals surface area contributed by atoms with E-state index in [1.165, 1.54) is 37.8 Å². The van der Waals surface area contributed by atoms with E-state index < -0.39 is 29.6 Å². The standard InChI is InChI=1S/C28H42F4O2/c1-3-5-7-8-9-11-13-26(28(30,31)32)34-27(33)24-19-18-23(20-25(24)29)22-16-14-21(15-17-22)12-10-6-4-2/h18-22,26H,3-17H2,1-2H3/t21-,22-,26-/m0/s1. The molecule has 2 nitrogen and oxygen atoms in total. The van der Waals surface area contributed by atoms with Crippen LogP contribution in [0.2, 0.25) is 0 Å². The molecular weight excluding hydrogens is 444 g/mol. The van der Waals surface area contributed by atoms with Gasteiger partial charge in [0.05, 0.1) is 5.56 Å². The Morgan fingerprint density at radius 1 is 0.941 bits per heavy atom. The fourth-order valence-corrected chi connectivity index (χ4v) is 5.01. The average molecular weight is 487 g/mol. The van der Waals surface area contributed by atoms with Crippen molar-refractivity contribution in [1.29, 1.82) is 0 Å². The van der Waals surface area contributed by atoms with Gasteiger partial charge in [-0.2, -0.15) is 13.2 Å². The van der Waals surface area contributed by atoms with Gasteiger partial charge in [0.25, 0.3) is 0 Å². The molecule has 34 heavy (non-hydrogen) atoms. The lowest BCUT2D eigenvalue weighted by Gasteiger charge is -2.29. The highest BCUT2D eigenvalue weighted by Gasteiger charge is 2.42. The van der Waals surface area contributed by atoms with Crippen LogP contribution in [0.1, 0.15) is 132 Å². The first-order valence-corrected chi connectivity index (χ1v) is 13.3. The Kier molecular flexibility index (Phi) is 12.4. The van der Waals surface area contributed by atoms with E-state index in [-0.39, 0.29) is 12.3 Å². The number of benzene rings is 1. The summed E-state index contributed by atoms with van der Waals surface area (Å²) >= 11 is 0. The molecule has 1 aromatic carbocycles. The molecule has 0 saturated heterocycles. The number of carbonyl (C=O) groups excluding carboxylic acids is 1. The molecule has 6 heteroatoms. The monoisotopic (exact) mass is 486 g/mol. The Labute approximate surface area is 202 Å². The summed E-state index contributed by atoms with van der Waals surface area (Å²) in [5.41, 5.74) is 0.398. The molecule has 0 unspecified atom stereocenters. The Balaban J connectivity index is 1.90. The molecule has 1 saturated carbocycles. The van der Waals surface area contributed by atoms with Crippen LogP contribution in [0.15, 0.2) is 18.2 Å². The van der Waals surface area contributed by atoms with Crippen LogP contribution in [0.25, 0.3) is 0 Å². The molecule has 0 aromatic heterocycles. The van der Waals surface area contributed by atoms with Crippen molar-refractivity contribution in [3.8, 4) is 0 Å².